The topological polar surface area (TPSA) is 69.6 Å². The van der Waals surface area contributed by atoms with Gasteiger partial charge in [0.1, 0.15) is 0 Å². The highest BCUT2D eigenvalue weighted by molar-refractivity contribution is 5.85. The molecule has 0 aliphatic carbocycles. The van der Waals surface area contributed by atoms with Gasteiger partial charge in [0.05, 0.1) is 10.8 Å². The molecule has 0 aromatic carbocycles. The van der Waals surface area contributed by atoms with Crippen LogP contribution in [-0.2, 0) is 9.59 Å². The minimum absolute atomic E-state index is 0.0385. The molecule has 21 heavy (non-hydrogen) atoms. The number of amides is 1. The molecular formula is C16H28N2O3. The SMILES string of the molecule is CCCC1(C(=O)N2CCC(C(=O)O)(C(C)C)C2)CCNC1. The Morgan fingerprint density at radius 3 is 2.48 bits per heavy atom. The highest BCUT2D eigenvalue weighted by Gasteiger charge is 2.52. The fraction of sp³-hybridized carbons (Fsp3) is 0.875. The van der Waals surface area contributed by atoms with Crippen LogP contribution in [0.3, 0.4) is 0 Å². The number of carbonyl (C=O) groups excluding carboxylic acids is 1. The van der Waals surface area contributed by atoms with Crippen LogP contribution in [0.25, 0.3) is 0 Å². The van der Waals surface area contributed by atoms with Crippen LogP contribution in [0.1, 0.15) is 46.5 Å². The highest BCUT2D eigenvalue weighted by Crippen LogP contribution is 2.41. The normalized spacial score (nSPS) is 32.9. The molecule has 2 aliphatic rings. The minimum Gasteiger partial charge on any atom is -0.481 e. The third-order valence-electron chi connectivity index (χ3n) is 5.55. The average molecular weight is 296 g/mol. The molecule has 5 heteroatoms. The number of nitrogens with zero attached hydrogens (tertiary/aromatic N) is 1. The smallest absolute Gasteiger partial charge is 0.311 e. The van der Waals surface area contributed by atoms with E-state index in [0.717, 1.165) is 32.4 Å². The Hall–Kier alpha value is -1.10. The Kier molecular flexibility index (Phi) is 4.61. The van der Waals surface area contributed by atoms with Gasteiger partial charge in [-0.15, -0.1) is 0 Å². The summed E-state index contributed by atoms with van der Waals surface area (Å²) in [6.07, 6.45) is 3.31. The zero-order valence-corrected chi connectivity index (χ0v) is 13.4. The van der Waals surface area contributed by atoms with Gasteiger partial charge < -0.3 is 15.3 Å². The van der Waals surface area contributed by atoms with E-state index in [0.29, 0.717) is 19.5 Å². The zero-order chi connectivity index (χ0) is 15.7. The molecule has 5 nitrogen and oxygen atoms in total. The third-order valence-corrected chi connectivity index (χ3v) is 5.55. The van der Waals surface area contributed by atoms with Crippen molar-refractivity contribution in [2.24, 2.45) is 16.7 Å². The molecule has 0 radical (unpaired) electrons. The second kappa shape index (κ2) is 5.95. The van der Waals surface area contributed by atoms with Gasteiger partial charge in [-0.1, -0.05) is 27.2 Å². The first-order chi connectivity index (χ1) is 9.88. The molecule has 120 valence electrons. The molecule has 2 rings (SSSR count). The number of carbonyl (C=O) groups is 2. The van der Waals surface area contributed by atoms with Gasteiger partial charge in [-0.3, -0.25) is 9.59 Å². The minimum atomic E-state index is -0.769. The summed E-state index contributed by atoms with van der Waals surface area (Å²) in [5, 5.41) is 12.9. The van der Waals surface area contributed by atoms with Crippen LogP contribution >= 0.6 is 0 Å². The lowest BCUT2D eigenvalue weighted by molar-refractivity contribution is -0.152. The van der Waals surface area contributed by atoms with Crippen molar-refractivity contribution in [3.63, 3.8) is 0 Å². The average Bonchev–Trinajstić information content (AvgIpc) is 3.06. The zero-order valence-electron chi connectivity index (χ0n) is 13.4. The fourth-order valence-corrected chi connectivity index (χ4v) is 3.96. The van der Waals surface area contributed by atoms with E-state index in [4.69, 9.17) is 0 Å². The molecule has 0 saturated carbocycles. The molecule has 0 aromatic rings. The Balaban J connectivity index is 2.16. The molecule has 2 unspecified atom stereocenters. The second-order valence-electron chi connectivity index (χ2n) is 7.05. The van der Waals surface area contributed by atoms with Crippen molar-refractivity contribution in [3.8, 4) is 0 Å². The van der Waals surface area contributed by atoms with Gasteiger partial charge in [0.2, 0.25) is 5.91 Å². The maximum atomic E-state index is 13.0. The summed E-state index contributed by atoms with van der Waals surface area (Å²) in [7, 11) is 0. The summed E-state index contributed by atoms with van der Waals surface area (Å²) >= 11 is 0. The van der Waals surface area contributed by atoms with Gasteiger partial charge in [-0.2, -0.15) is 0 Å². The van der Waals surface area contributed by atoms with E-state index in [-0.39, 0.29) is 17.2 Å². The van der Waals surface area contributed by atoms with Gasteiger partial charge >= 0.3 is 5.97 Å². The molecule has 2 saturated heterocycles. The summed E-state index contributed by atoms with van der Waals surface area (Å²) in [6, 6.07) is 0. The van der Waals surface area contributed by atoms with Crippen molar-refractivity contribution in [2.45, 2.75) is 46.5 Å². The molecule has 0 aromatic heterocycles. The molecular weight excluding hydrogens is 268 g/mol. The van der Waals surface area contributed by atoms with Crippen LogP contribution in [0.5, 0.6) is 0 Å². The lowest BCUT2D eigenvalue weighted by Gasteiger charge is -2.33. The lowest BCUT2D eigenvalue weighted by atomic mass is 9.76. The number of carboxylic acid groups (broad SMARTS) is 1. The van der Waals surface area contributed by atoms with Crippen molar-refractivity contribution in [3.05, 3.63) is 0 Å². The first kappa shape index (κ1) is 16.3. The van der Waals surface area contributed by atoms with E-state index in [9.17, 15) is 14.7 Å². The number of hydrogen-bond acceptors (Lipinski definition) is 3. The van der Waals surface area contributed by atoms with Crippen molar-refractivity contribution in [1.29, 1.82) is 0 Å². The van der Waals surface area contributed by atoms with Crippen LogP contribution in [0.4, 0.5) is 0 Å². The van der Waals surface area contributed by atoms with Crippen molar-refractivity contribution < 1.29 is 14.7 Å². The first-order valence-electron chi connectivity index (χ1n) is 8.11. The maximum Gasteiger partial charge on any atom is 0.311 e. The number of nitrogens with one attached hydrogen (secondary N) is 1. The van der Waals surface area contributed by atoms with Crippen LogP contribution < -0.4 is 5.32 Å². The fourth-order valence-electron chi connectivity index (χ4n) is 3.96. The van der Waals surface area contributed by atoms with Gasteiger partial charge in [0, 0.05) is 19.6 Å². The summed E-state index contributed by atoms with van der Waals surface area (Å²) in [6.45, 7) is 8.56. The van der Waals surface area contributed by atoms with Gasteiger partial charge in [-0.05, 0) is 31.7 Å². The molecule has 2 fully saturated rings. The van der Waals surface area contributed by atoms with Crippen LogP contribution in [-0.4, -0.2) is 48.1 Å². The molecule has 2 heterocycles. The number of likely N-dealkylation sites (tertiary alicyclic amines) is 1. The van der Waals surface area contributed by atoms with E-state index in [1.54, 1.807) is 0 Å². The Morgan fingerprint density at radius 1 is 1.33 bits per heavy atom. The molecule has 0 spiro atoms. The summed E-state index contributed by atoms with van der Waals surface area (Å²) < 4.78 is 0. The molecule has 0 bridgehead atoms. The Morgan fingerprint density at radius 2 is 2.05 bits per heavy atom. The Bertz CT molecular complexity index is 416. The number of rotatable bonds is 5. The summed E-state index contributed by atoms with van der Waals surface area (Å²) in [4.78, 5) is 26.5. The molecule has 2 aliphatic heterocycles. The van der Waals surface area contributed by atoms with Crippen molar-refractivity contribution >= 4 is 11.9 Å². The number of carboxylic acids is 1. The monoisotopic (exact) mass is 296 g/mol. The number of hydrogen-bond donors (Lipinski definition) is 2. The molecule has 2 atom stereocenters. The third kappa shape index (κ3) is 2.68. The van der Waals surface area contributed by atoms with E-state index >= 15 is 0 Å². The van der Waals surface area contributed by atoms with Crippen LogP contribution in [0.2, 0.25) is 0 Å². The van der Waals surface area contributed by atoms with E-state index < -0.39 is 11.4 Å². The standard InChI is InChI=1S/C16H28N2O3/c1-4-5-15(6-8-17-10-15)13(19)18-9-7-16(11-18,12(2)3)14(20)21/h12,17H,4-11H2,1-3H3,(H,20,21). The van der Waals surface area contributed by atoms with Crippen LogP contribution in [0.15, 0.2) is 0 Å². The number of aliphatic carboxylic acids is 1. The van der Waals surface area contributed by atoms with Crippen LogP contribution in [0, 0.1) is 16.7 Å². The molecule has 2 N–H and O–H groups in total. The molecule has 1 amide bonds. The van der Waals surface area contributed by atoms with E-state index in [1.807, 2.05) is 18.7 Å². The lowest BCUT2D eigenvalue weighted by Crippen LogP contribution is -2.47. The van der Waals surface area contributed by atoms with Crippen molar-refractivity contribution in [2.75, 3.05) is 26.2 Å². The first-order valence-corrected chi connectivity index (χ1v) is 8.11. The van der Waals surface area contributed by atoms with E-state index in [1.165, 1.54) is 0 Å². The van der Waals surface area contributed by atoms with Gasteiger partial charge in [0.25, 0.3) is 0 Å². The summed E-state index contributed by atoms with van der Waals surface area (Å²) in [5.41, 5.74) is -1.07. The van der Waals surface area contributed by atoms with E-state index in [2.05, 4.69) is 12.2 Å². The van der Waals surface area contributed by atoms with Crippen molar-refractivity contribution in [1.82, 2.24) is 10.2 Å². The van der Waals surface area contributed by atoms with Gasteiger partial charge in [-0.25, -0.2) is 0 Å². The predicted molar refractivity (Wildman–Crippen MR) is 80.9 cm³/mol. The Labute approximate surface area is 127 Å². The quantitative estimate of drug-likeness (QED) is 0.810. The largest absolute Gasteiger partial charge is 0.481 e. The maximum absolute atomic E-state index is 13.0. The van der Waals surface area contributed by atoms with Gasteiger partial charge in [0.15, 0.2) is 0 Å². The predicted octanol–water partition coefficient (Wildman–Crippen LogP) is 1.73. The highest BCUT2D eigenvalue weighted by atomic mass is 16.4. The summed E-state index contributed by atoms with van der Waals surface area (Å²) in [5.74, 6) is -0.559. The second-order valence-corrected chi connectivity index (χ2v) is 7.05.